The number of nitrogens with zero attached hydrogens (tertiary/aromatic N) is 2. The van der Waals surface area contributed by atoms with E-state index in [-0.39, 0.29) is 24.6 Å². The van der Waals surface area contributed by atoms with Crippen molar-refractivity contribution in [1.82, 2.24) is 4.90 Å². The van der Waals surface area contributed by atoms with Crippen molar-refractivity contribution in [3.8, 4) is 17.2 Å². The van der Waals surface area contributed by atoms with Gasteiger partial charge in [0.1, 0.15) is 24.1 Å². The van der Waals surface area contributed by atoms with Crippen LogP contribution >= 0.6 is 12.4 Å². The Labute approximate surface area is 191 Å². The van der Waals surface area contributed by atoms with E-state index in [0.717, 1.165) is 55.5 Å². The second-order valence-corrected chi connectivity index (χ2v) is 8.71. The van der Waals surface area contributed by atoms with Crippen molar-refractivity contribution in [2.24, 2.45) is 0 Å². The number of rotatable bonds is 7. The van der Waals surface area contributed by atoms with Crippen LogP contribution in [0.1, 0.15) is 19.4 Å². The minimum Gasteiger partial charge on any atom is -0.495 e. The maximum Gasteiger partial charge on any atom is 0.165 e. The summed E-state index contributed by atoms with van der Waals surface area (Å²) in [7, 11) is 1.71. The highest BCUT2D eigenvalue weighted by Gasteiger charge is 2.32. The molecule has 2 aliphatic rings. The molecule has 1 N–H and O–H groups in total. The van der Waals surface area contributed by atoms with Crippen LogP contribution in [0.25, 0.3) is 0 Å². The van der Waals surface area contributed by atoms with Gasteiger partial charge in [0, 0.05) is 44.7 Å². The monoisotopic (exact) mass is 448 g/mol. The molecule has 0 radical (unpaired) electrons. The Hall–Kier alpha value is -2.15. The van der Waals surface area contributed by atoms with E-state index in [2.05, 4.69) is 35.8 Å². The number of aliphatic hydroxyl groups excluding tert-OH is 1. The van der Waals surface area contributed by atoms with Gasteiger partial charge in [0.05, 0.1) is 12.8 Å². The van der Waals surface area contributed by atoms with Gasteiger partial charge in [0.15, 0.2) is 11.5 Å². The van der Waals surface area contributed by atoms with Gasteiger partial charge in [-0.15, -0.1) is 12.4 Å². The second-order valence-electron chi connectivity index (χ2n) is 8.71. The van der Waals surface area contributed by atoms with Gasteiger partial charge in [-0.1, -0.05) is 24.3 Å². The summed E-state index contributed by atoms with van der Waals surface area (Å²) in [6.07, 6.45) is 0.326. The first-order chi connectivity index (χ1) is 14.4. The Morgan fingerprint density at radius 3 is 2.48 bits per heavy atom. The molecule has 2 heterocycles. The molecule has 4 rings (SSSR count). The summed E-state index contributed by atoms with van der Waals surface area (Å²) in [5.41, 5.74) is 2.09. The molecule has 0 aromatic heterocycles. The summed E-state index contributed by atoms with van der Waals surface area (Å²) in [5, 5.41) is 10.5. The minimum atomic E-state index is -0.548. The number of benzene rings is 2. The molecule has 1 saturated heterocycles. The lowest BCUT2D eigenvalue weighted by Crippen LogP contribution is -2.49. The fourth-order valence-electron chi connectivity index (χ4n) is 4.30. The van der Waals surface area contributed by atoms with Crippen LogP contribution in [0.3, 0.4) is 0 Å². The number of hydrogen-bond donors (Lipinski definition) is 1. The normalized spacial score (nSPS) is 18.5. The van der Waals surface area contributed by atoms with Crippen LogP contribution in [-0.4, -0.2) is 68.2 Å². The van der Waals surface area contributed by atoms with E-state index in [0.29, 0.717) is 6.54 Å². The lowest BCUT2D eigenvalue weighted by Gasteiger charge is -2.37. The zero-order valence-electron chi connectivity index (χ0n) is 18.5. The van der Waals surface area contributed by atoms with Crippen molar-refractivity contribution in [3.63, 3.8) is 0 Å². The van der Waals surface area contributed by atoms with Gasteiger partial charge >= 0.3 is 0 Å². The van der Waals surface area contributed by atoms with Gasteiger partial charge in [-0.3, -0.25) is 4.90 Å². The molecule has 0 amide bonds. The second kappa shape index (κ2) is 9.98. The molecular formula is C24H33ClN2O4. The van der Waals surface area contributed by atoms with Gasteiger partial charge in [0.2, 0.25) is 0 Å². The number of aliphatic hydroxyl groups is 1. The Morgan fingerprint density at radius 1 is 1.03 bits per heavy atom. The first kappa shape index (κ1) is 23.5. The first-order valence-electron chi connectivity index (χ1n) is 10.7. The summed E-state index contributed by atoms with van der Waals surface area (Å²) in [5.74, 6) is 2.44. The maximum atomic E-state index is 10.5. The molecule has 0 spiro atoms. The molecule has 0 saturated carbocycles. The van der Waals surface area contributed by atoms with E-state index < -0.39 is 6.10 Å². The number of anilines is 1. The molecule has 0 bridgehead atoms. The molecule has 1 atom stereocenters. The minimum absolute atomic E-state index is 0. The van der Waals surface area contributed by atoms with Crippen LogP contribution in [0.2, 0.25) is 0 Å². The van der Waals surface area contributed by atoms with E-state index in [1.165, 1.54) is 5.56 Å². The quantitative estimate of drug-likeness (QED) is 0.700. The molecule has 1 fully saturated rings. The highest BCUT2D eigenvalue weighted by Crippen LogP contribution is 2.41. The molecule has 170 valence electrons. The van der Waals surface area contributed by atoms with Crippen LogP contribution in [-0.2, 0) is 6.42 Å². The summed E-state index contributed by atoms with van der Waals surface area (Å²) in [6.45, 7) is 8.62. The predicted molar refractivity (Wildman–Crippen MR) is 125 cm³/mol. The van der Waals surface area contributed by atoms with Crippen molar-refractivity contribution in [1.29, 1.82) is 0 Å². The zero-order valence-corrected chi connectivity index (χ0v) is 19.4. The van der Waals surface area contributed by atoms with E-state index >= 15 is 0 Å². The molecular weight excluding hydrogens is 416 g/mol. The number of piperazine rings is 1. The summed E-state index contributed by atoms with van der Waals surface area (Å²) in [4.78, 5) is 4.62. The SMILES string of the molecule is COc1ccccc1N1CCN(CC(O)COc2cccc3c2OC(C)(C)C3)CC1.Cl. The Balaban J connectivity index is 0.00000272. The standard InChI is InChI=1S/C24H32N2O4.ClH/c1-24(2)15-18-7-6-10-22(23(18)30-24)29-17-19(27)16-25-11-13-26(14-12-25)20-8-4-5-9-21(20)28-3;/h4-10,19,27H,11-17H2,1-3H3;1H. The Morgan fingerprint density at radius 2 is 1.74 bits per heavy atom. The highest BCUT2D eigenvalue weighted by atomic mass is 35.5. The predicted octanol–water partition coefficient (Wildman–Crippen LogP) is 3.39. The molecule has 1 unspecified atom stereocenters. The lowest BCUT2D eigenvalue weighted by atomic mass is 10.0. The van der Waals surface area contributed by atoms with Crippen molar-refractivity contribution < 1.29 is 19.3 Å². The van der Waals surface area contributed by atoms with E-state index in [9.17, 15) is 5.11 Å². The molecule has 7 heteroatoms. The smallest absolute Gasteiger partial charge is 0.165 e. The molecule has 31 heavy (non-hydrogen) atoms. The summed E-state index contributed by atoms with van der Waals surface area (Å²) in [6, 6.07) is 14.1. The molecule has 6 nitrogen and oxygen atoms in total. The topological polar surface area (TPSA) is 54.4 Å². The van der Waals surface area contributed by atoms with E-state index in [4.69, 9.17) is 14.2 Å². The van der Waals surface area contributed by atoms with Crippen LogP contribution in [0.5, 0.6) is 17.2 Å². The lowest BCUT2D eigenvalue weighted by molar-refractivity contribution is 0.0631. The van der Waals surface area contributed by atoms with Gasteiger partial charge in [-0.25, -0.2) is 0 Å². The van der Waals surface area contributed by atoms with E-state index in [1.54, 1.807) is 7.11 Å². The van der Waals surface area contributed by atoms with Crippen LogP contribution in [0.15, 0.2) is 42.5 Å². The highest BCUT2D eigenvalue weighted by molar-refractivity contribution is 5.85. The number of hydrogen-bond acceptors (Lipinski definition) is 6. The fourth-order valence-corrected chi connectivity index (χ4v) is 4.30. The van der Waals surface area contributed by atoms with Gasteiger partial charge in [0.25, 0.3) is 0 Å². The number of ether oxygens (including phenoxy) is 3. The van der Waals surface area contributed by atoms with Crippen LogP contribution in [0, 0.1) is 0 Å². The number of methoxy groups -OCH3 is 1. The average molecular weight is 449 g/mol. The molecule has 2 aromatic rings. The third kappa shape index (κ3) is 5.56. The summed E-state index contributed by atoms with van der Waals surface area (Å²) < 4.78 is 17.5. The fraction of sp³-hybridized carbons (Fsp3) is 0.500. The third-order valence-corrected chi connectivity index (χ3v) is 5.75. The zero-order chi connectivity index (χ0) is 21.1. The van der Waals surface area contributed by atoms with Crippen molar-refractivity contribution in [3.05, 3.63) is 48.0 Å². The Bertz CT molecular complexity index is 868. The van der Waals surface area contributed by atoms with Crippen molar-refractivity contribution in [2.75, 3.05) is 51.3 Å². The average Bonchev–Trinajstić information content (AvgIpc) is 3.07. The van der Waals surface area contributed by atoms with Crippen LogP contribution < -0.4 is 19.1 Å². The summed E-state index contributed by atoms with van der Waals surface area (Å²) >= 11 is 0. The first-order valence-corrected chi connectivity index (χ1v) is 10.7. The molecule has 2 aliphatic heterocycles. The number of para-hydroxylation sites is 3. The van der Waals surface area contributed by atoms with Crippen molar-refractivity contribution in [2.45, 2.75) is 32.0 Å². The Kier molecular flexibility index (Phi) is 7.57. The van der Waals surface area contributed by atoms with Crippen LogP contribution in [0.4, 0.5) is 5.69 Å². The largest absolute Gasteiger partial charge is 0.495 e. The van der Waals surface area contributed by atoms with Crippen molar-refractivity contribution >= 4 is 18.1 Å². The number of β-amino-alcohol motifs (C(OH)–C–C–N with tert-alkyl or cyclic N) is 1. The number of halogens is 1. The molecule has 2 aromatic carbocycles. The number of fused-ring (bicyclic) bond motifs is 1. The molecule has 0 aliphatic carbocycles. The van der Waals surface area contributed by atoms with Gasteiger partial charge in [-0.05, 0) is 32.0 Å². The maximum absolute atomic E-state index is 10.5. The van der Waals surface area contributed by atoms with Gasteiger partial charge in [-0.2, -0.15) is 0 Å². The third-order valence-electron chi connectivity index (χ3n) is 5.75. The van der Waals surface area contributed by atoms with Gasteiger partial charge < -0.3 is 24.2 Å². The van der Waals surface area contributed by atoms with E-state index in [1.807, 2.05) is 30.3 Å².